The number of benzene rings is 2. The Morgan fingerprint density at radius 1 is 0.842 bits per heavy atom. The minimum atomic E-state index is -1.15. The molecule has 3 N–H and O–H groups in total. The van der Waals surface area contributed by atoms with Crippen LogP contribution in [0.4, 0.5) is 0 Å². The normalized spacial score (nSPS) is 14.1. The highest BCUT2D eigenvalue weighted by atomic mass is 32.2. The summed E-state index contributed by atoms with van der Waals surface area (Å²) >= 11 is 1.63. The molecule has 2 aromatic carbocycles. The molecule has 19 heavy (non-hydrogen) atoms. The van der Waals surface area contributed by atoms with Crippen molar-refractivity contribution in [3.63, 3.8) is 0 Å². The predicted molar refractivity (Wildman–Crippen MR) is 75.1 cm³/mol. The van der Waals surface area contributed by atoms with Gasteiger partial charge in [0.25, 0.3) is 0 Å². The van der Waals surface area contributed by atoms with Gasteiger partial charge in [0, 0.05) is 9.79 Å². The Kier molecular flexibility index (Phi) is 4.99. The van der Waals surface area contributed by atoms with E-state index in [2.05, 4.69) is 0 Å². The predicted octanol–water partition coefficient (Wildman–Crippen LogP) is 2.22. The summed E-state index contributed by atoms with van der Waals surface area (Å²) in [4.78, 5) is 2.20. The monoisotopic (exact) mass is 276 g/mol. The lowest BCUT2D eigenvalue weighted by Gasteiger charge is -2.16. The topological polar surface area (TPSA) is 60.7 Å². The average Bonchev–Trinajstić information content (AvgIpc) is 2.47. The van der Waals surface area contributed by atoms with Crippen LogP contribution in [0.25, 0.3) is 0 Å². The van der Waals surface area contributed by atoms with Crippen LogP contribution in [0.15, 0.2) is 64.4 Å². The summed E-state index contributed by atoms with van der Waals surface area (Å²) in [6, 6.07) is 17.3. The Balaban J connectivity index is 2.06. The Bertz CT molecular complexity index is 499. The van der Waals surface area contributed by atoms with Gasteiger partial charge < -0.3 is 15.3 Å². The molecule has 4 heteroatoms. The molecular formula is C15H16O3S. The first-order valence-corrected chi connectivity index (χ1v) is 6.82. The Labute approximate surface area is 116 Å². The van der Waals surface area contributed by atoms with Crippen LogP contribution < -0.4 is 0 Å². The summed E-state index contributed by atoms with van der Waals surface area (Å²) in [5.41, 5.74) is 0.596. The molecule has 0 bridgehead atoms. The minimum absolute atomic E-state index is 0.457. The standard InChI is InChI=1S/C15H16O3S/c16-10-14(17)15(18)11-6-8-13(9-7-11)19-12-4-2-1-3-5-12/h1-9,14-18H,10H2. The molecule has 100 valence electrons. The fourth-order valence-electron chi connectivity index (χ4n) is 1.68. The maximum absolute atomic E-state index is 9.75. The van der Waals surface area contributed by atoms with Gasteiger partial charge in [-0.1, -0.05) is 42.1 Å². The van der Waals surface area contributed by atoms with Crippen molar-refractivity contribution in [1.29, 1.82) is 0 Å². The highest BCUT2D eigenvalue weighted by molar-refractivity contribution is 7.99. The molecular weight excluding hydrogens is 260 g/mol. The fourth-order valence-corrected chi connectivity index (χ4v) is 2.52. The maximum Gasteiger partial charge on any atom is 0.107 e. The first-order valence-electron chi connectivity index (χ1n) is 6.00. The van der Waals surface area contributed by atoms with Gasteiger partial charge >= 0.3 is 0 Å². The molecule has 0 aliphatic heterocycles. The van der Waals surface area contributed by atoms with E-state index < -0.39 is 18.8 Å². The average molecular weight is 276 g/mol. The number of aliphatic hydroxyl groups is 3. The lowest BCUT2D eigenvalue weighted by atomic mass is 10.1. The molecule has 0 aliphatic rings. The largest absolute Gasteiger partial charge is 0.394 e. The van der Waals surface area contributed by atoms with Crippen molar-refractivity contribution in [3.8, 4) is 0 Å². The summed E-state index contributed by atoms with van der Waals surface area (Å²) in [6.07, 6.45) is -2.20. The molecule has 0 saturated carbocycles. The van der Waals surface area contributed by atoms with Crippen molar-refractivity contribution in [2.45, 2.75) is 22.0 Å². The van der Waals surface area contributed by atoms with Crippen LogP contribution in [0.5, 0.6) is 0 Å². The van der Waals surface area contributed by atoms with Crippen LogP contribution in [0.3, 0.4) is 0 Å². The van der Waals surface area contributed by atoms with E-state index in [0.29, 0.717) is 5.56 Å². The fraction of sp³-hybridized carbons (Fsp3) is 0.200. The summed E-state index contributed by atoms with van der Waals surface area (Å²) in [6.45, 7) is -0.457. The van der Waals surface area contributed by atoms with E-state index in [9.17, 15) is 10.2 Å². The van der Waals surface area contributed by atoms with E-state index in [0.717, 1.165) is 9.79 Å². The Morgan fingerprint density at radius 2 is 1.42 bits per heavy atom. The Hall–Kier alpha value is -1.33. The van der Waals surface area contributed by atoms with Gasteiger partial charge in [-0.3, -0.25) is 0 Å². The summed E-state index contributed by atoms with van der Waals surface area (Å²) in [5.74, 6) is 0. The van der Waals surface area contributed by atoms with Crippen molar-refractivity contribution in [3.05, 3.63) is 60.2 Å². The third kappa shape index (κ3) is 3.81. The van der Waals surface area contributed by atoms with E-state index in [1.165, 1.54) is 0 Å². The first kappa shape index (κ1) is 14.1. The van der Waals surface area contributed by atoms with Crippen molar-refractivity contribution in [2.24, 2.45) is 0 Å². The smallest absolute Gasteiger partial charge is 0.107 e. The highest BCUT2D eigenvalue weighted by Crippen LogP contribution is 2.28. The van der Waals surface area contributed by atoms with Gasteiger partial charge in [0.05, 0.1) is 6.61 Å². The molecule has 0 radical (unpaired) electrons. The quantitative estimate of drug-likeness (QED) is 0.783. The van der Waals surface area contributed by atoms with Crippen molar-refractivity contribution in [1.82, 2.24) is 0 Å². The van der Waals surface area contributed by atoms with Crippen LogP contribution >= 0.6 is 11.8 Å². The lowest BCUT2D eigenvalue weighted by Crippen LogP contribution is -2.21. The molecule has 0 amide bonds. The molecule has 0 spiro atoms. The van der Waals surface area contributed by atoms with Crippen LogP contribution in [-0.2, 0) is 0 Å². The van der Waals surface area contributed by atoms with E-state index in [4.69, 9.17) is 5.11 Å². The molecule has 0 aromatic heterocycles. The molecule has 0 aliphatic carbocycles. The van der Waals surface area contributed by atoms with Gasteiger partial charge in [0.15, 0.2) is 0 Å². The molecule has 2 atom stereocenters. The second-order valence-corrected chi connectivity index (χ2v) is 5.33. The van der Waals surface area contributed by atoms with Crippen molar-refractivity contribution in [2.75, 3.05) is 6.61 Å². The van der Waals surface area contributed by atoms with Crippen LogP contribution in [0.1, 0.15) is 11.7 Å². The molecule has 2 rings (SSSR count). The van der Waals surface area contributed by atoms with Gasteiger partial charge in [-0.05, 0) is 29.8 Å². The number of hydrogen-bond acceptors (Lipinski definition) is 4. The summed E-state index contributed by atoms with van der Waals surface area (Å²) in [7, 11) is 0. The molecule has 0 saturated heterocycles. The van der Waals surface area contributed by atoms with Gasteiger partial charge in [0.1, 0.15) is 12.2 Å². The van der Waals surface area contributed by atoms with E-state index >= 15 is 0 Å². The van der Waals surface area contributed by atoms with E-state index in [-0.39, 0.29) is 0 Å². The zero-order valence-corrected chi connectivity index (χ0v) is 11.1. The molecule has 3 nitrogen and oxygen atoms in total. The second kappa shape index (κ2) is 6.73. The van der Waals surface area contributed by atoms with Gasteiger partial charge in [-0.2, -0.15) is 0 Å². The third-order valence-corrected chi connectivity index (χ3v) is 3.77. The van der Waals surface area contributed by atoms with E-state index in [1.54, 1.807) is 23.9 Å². The second-order valence-electron chi connectivity index (χ2n) is 4.18. The minimum Gasteiger partial charge on any atom is -0.394 e. The number of hydrogen-bond donors (Lipinski definition) is 3. The number of aliphatic hydroxyl groups excluding tert-OH is 3. The van der Waals surface area contributed by atoms with E-state index in [1.807, 2.05) is 42.5 Å². The van der Waals surface area contributed by atoms with Gasteiger partial charge in [-0.15, -0.1) is 0 Å². The summed E-state index contributed by atoms with van der Waals surface area (Å²) in [5, 5.41) is 27.9. The lowest BCUT2D eigenvalue weighted by molar-refractivity contribution is -0.0152. The molecule has 0 heterocycles. The zero-order chi connectivity index (χ0) is 13.7. The molecule has 2 aromatic rings. The molecule has 2 unspecified atom stereocenters. The van der Waals surface area contributed by atoms with Crippen LogP contribution in [0.2, 0.25) is 0 Å². The zero-order valence-electron chi connectivity index (χ0n) is 10.3. The first-order chi connectivity index (χ1) is 9.20. The van der Waals surface area contributed by atoms with Crippen LogP contribution in [0, 0.1) is 0 Å². The SMILES string of the molecule is OCC(O)C(O)c1ccc(Sc2ccccc2)cc1. The number of rotatable bonds is 5. The Morgan fingerprint density at radius 3 is 2.00 bits per heavy atom. The van der Waals surface area contributed by atoms with Crippen LogP contribution in [-0.4, -0.2) is 28.0 Å². The van der Waals surface area contributed by atoms with Crippen molar-refractivity contribution >= 4 is 11.8 Å². The molecule has 0 fully saturated rings. The van der Waals surface area contributed by atoms with Gasteiger partial charge in [-0.25, -0.2) is 0 Å². The highest BCUT2D eigenvalue weighted by Gasteiger charge is 2.16. The maximum atomic E-state index is 9.75. The van der Waals surface area contributed by atoms with Crippen molar-refractivity contribution < 1.29 is 15.3 Å². The third-order valence-electron chi connectivity index (χ3n) is 2.75. The van der Waals surface area contributed by atoms with Gasteiger partial charge in [0.2, 0.25) is 0 Å². The summed E-state index contributed by atoms with van der Waals surface area (Å²) < 4.78 is 0.